The number of hydrogen-bond acceptors (Lipinski definition) is 4. The molecule has 0 aliphatic rings. The van der Waals surface area contributed by atoms with E-state index in [9.17, 15) is 4.79 Å². The minimum Gasteiger partial charge on any atom is -0.477 e. The van der Waals surface area contributed by atoms with Crippen molar-refractivity contribution in [1.29, 1.82) is 0 Å². The second-order valence-electron chi connectivity index (χ2n) is 2.41. The summed E-state index contributed by atoms with van der Waals surface area (Å²) >= 11 is 1.14. The van der Waals surface area contributed by atoms with Crippen LogP contribution in [0.3, 0.4) is 0 Å². The molecule has 0 amide bonds. The fraction of sp³-hybridized carbons (Fsp3) is 0.250. The maximum Gasteiger partial charge on any atom is 0.347 e. The van der Waals surface area contributed by atoms with E-state index in [0.717, 1.165) is 11.3 Å². The molecule has 2 N–H and O–H groups in total. The number of thiazole rings is 1. The summed E-state index contributed by atoms with van der Waals surface area (Å²) in [6.45, 7) is 5.81. The second kappa shape index (κ2) is 4.04. The van der Waals surface area contributed by atoms with Crippen LogP contribution >= 0.6 is 11.3 Å². The maximum absolute atomic E-state index is 10.6. The van der Waals surface area contributed by atoms with Gasteiger partial charge in [0, 0.05) is 6.54 Å². The lowest BCUT2D eigenvalue weighted by Crippen LogP contribution is -1.96. The van der Waals surface area contributed by atoms with Crippen LogP contribution in [0.5, 0.6) is 0 Å². The van der Waals surface area contributed by atoms with E-state index in [1.807, 2.05) is 0 Å². The summed E-state index contributed by atoms with van der Waals surface area (Å²) in [5.41, 5.74) is 0.545. The van der Waals surface area contributed by atoms with Crippen LogP contribution < -0.4 is 5.32 Å². The Balaban J connectivity index is 2.82. The Morgan fingerprint density at radius 2 is 2.54 bits per heavy atom. The molecule has 5 heteroatoms. The van der Waals surface area contributed by atoms with Crippen molar-refractivity contribution >= 4 is 22.4 Å². The largest absolute Gasteiger partial charge is 0.477 e. The van der Waals surface area contributed by atoms with Gasteiger partial charge in [-0.05, 0) is 6.92 Å². The van der Waals surface area contributed by atoms with Crippen LogP contribution in [0, 0.1) is 6.92 Å². The summed E-state index contributed by atoms with van der Waals surface area (Å²) in [5.74, 6) is -0.929. The molecule has 0 saturated heterocycles. The SMILES string of the molecule is C=CCNc1nc(C)c(C(=O)O)s1. The van der Waals surface area contributed by atoms with E-state index in [1.165, 1.54) is 0 Å². The molecule has 0 saturated carbocycles. The van der Waals surface area contributed by atoms with Gasteiger partial charge in [-0.1, -0.05) is 17.4 Å². The predicted molar refractivity (Wildman–Crippen MR) is 52.5 cm³/mol. The summed E-state index contributed by atoms with van der Waals surface area (Å²) in [6, 6.07) is 0. The number of carboxylic acids is 1. The summed E-state index contributed by atoms with van der Waals surface area (Å²) in [6.07, 6.45) is 1.69. The van der Waals surface area contributed by atoms with Crippen LogP contribution in [-0.2, 0) is 0 Å². The van der Waals surface area contributed by atoms with Crippen molar-refractivity contribution in [2.45, 2.75) is 6.92 Å². The zero-order valence-corrected chi connectivity index (χ0v) is 8.02. The lowest BCUT2D eigenvalue weighted by molar-refractivity contribution is 0.0701. The summed E-state index contributed by atoms with van der Waals surface area (Å²) < 4.78 is 0. The highest BCUT2D eigenvalue weighted by Gasteiger charge is 2.12. The van der Waals surface area contributed by atoms with Gasteiger partial charge in [0.1, 0.15) is 4.88 Å². The standard InChI is InChI=1S/C8H10N2O2S/c1-3-4-9-8-10-5(2)6(13-8)7(11)12/h3H,1,4H2,2H3,(H,9,10)(H,11,12). The van der Waals surface area contributed by atoms with Gasteiger partial charge in [0.25, 0.3) is 0 Å². The zero-order valence-electron chi connectivity index (χ0n) is 7.20. The van der Waals surface area contributed by atoms with Crippen molar-refractivity contribution in [3.63, 3.8) is 0 Å². The van der Waals surface area contributed by atoms with Crippen LogP contribution in [0.1, 0.15) is 15.4 Å². The van der Waals surface area contributed by atoms with E-state index in [0.29, 0.717) is 17.4 Å². The van der Waals surface area contributed by atoms with E-state index in [4.69, 9.17) is 5.11 Å². The van der Waals surface area contributed by atoms with E-state index in [-0.39, 0.29) is 4.88 Å². The molecule has 1 aromatic rings. The van der Waals surface area contributed by atoms with Crippen molar-refractivity contribution < 1.29 is 9.90 Å². The fourth-order valence-corrected chi connectivity index (χ4v) is 1.64. The van der Waals surface area contributed by atoms with Gasteiger partial charge in [-0.3, -0.25) is 0 Å². The second-order valence-corrected chi connectivity index (χ2v) is 3.41. The lowest BCUT2D eigenvalue weighted by Gasteiger charge is -1.93. The lowest BCUT2D eigenvalue weighted by atomic mass is 10.4. The highest BCUT2D eigenvalue weighted by Crippen LogP contribution is 2.21. The van der Waals surface area contributed by atoms with Gasteiger partial charge in [-0.2, -0.15) is 0 Å². The molecule has 70 valence electrons. The molecule has 4 nitrogen and oxygen atoms in total. The maximum atomic E-state index is 10.6. The number of aryl methyl sites for hydroxylation is 1. The first-order chi connectivity index (χ1) is 6.15. The van der Waals surface area contributed by atoms with Crippen molar-refractivity contribution in [2.75, 3.05) is 11.9 Å². The Morgan fingerprint density at radius 3 is 3.00 bits per heavy atom. The monoisotopic (exact) mass is 198 g/mol. The molecule has 13 heavy (non-hydrogen) atoms. The Kier molecular flexibility index (Phi) is 3.02. The van der Waals surface area contributed by atoms with Crippen LogP contribution in [0.15, 0.2) is 12.7 Å². The van der Waals surface area contributed by atoms with Gasteiger partial charge in [0.15, 0.2) is 5.13 Å². The van der Waals surface area contributed by atoms with Gasteiger partial charge in [0.05, 0.1) is 5.69 Å². The number of carbonyl (C=O) groups is 1. The van der Waals surface area contributed by atoms with Crippen molar-refractivity contribution in [2.24, 2.45) is 0 Å². The van der Waals surface area contributed by atoms with E-state index in [2.05, 4.69) is 16.9 Å². The molecule has 0 spiro atoms. The molecule has 1 heterocycles. The fourth-order valence-electron chi connectivity index (χ4n) is 0.830. The first-order valence-corrected chi connectivity index (χ1v) is 4.52. The Morgan fingerprint density at radius 1 is 1.85 bits per heavy atom. The number of rotatable bonds is 4. The van der Waals surface area contributed by atoms with Crippen LogP contribution in [0.2, 0.25) is 0 Å². The summed E-state index contributed by atoms with van der Waals surface area (Å²) in [5, 5.41) is 12.3. The molecular weight excluding hydrogens is 188 g/mol. The van der Waals surface area contributed by atoms with Crippen molar-refractivity contribution in [3.8, 4) is 0 Å². The van der Waals surface area contributed by atoms with Gasteiger partial charge in [0.2, 0.25) is 0 Å². The average Bonchev–Trinajstić information content (AvgIpc) is 2.43. The first kappa shape index (κ1) is 9.73. The van der Waals surface area contributed by atoms with Crippen LogP contribution in [0.25, 0.3) is 0 Å². The predicted octanol–water partition coefficient (Wildman–Crippen LogP) is 1.75. The molecule has 0 atom stereocenters. The van der Waals surface area contributed by atoms with Gasteiger partial charge in [-0.25, -0.2) is 9.78 Å². The van der Waals surface area contributed by atoms with E-state index < -0.39 is 5.97 Å². The number of carboxylic acid groups (broad SMARTS) is 1. The van der Waals surface area contributed by atoms with Crippen LogP contribution in [0.4, 0.5) is 5.13 Å². The third kappa shape index (κ3) is 2.29. The average molecular weight is 198 g/mol. The molecule has 0 aromatic carbocycles. The van der Waals surface area contributed by atoms with Crippen molar-refractivity contribution in [1.82, 2.24) is 4.98 Å². The zero-order chi connectivity index (χ0) is 9.84. The molecular formula is C8H10N2O2S. The number of aromatic nitrogens is 1. The highest BCUT2D eigenvalue weighted by atomic mass is 32.1. The molecule has 0 aliphatic heterocycles. The first-order valence-electron chi connectivity index (χ1n) is 3.70. The van der Waals surface area contributed by atoms with Crippen LogP contribution in [-0.4, -0.2) is 22.6 Å². The molecule has 1 rings (SSSR count). The minimum absolute atomic E-state index is 0.284. The Hall–Kier alpha value is -1.36. The summed E-state index contributed by atoms with van der Waals surface area (Å²) in [4.78, 5) is 15.0. The molecule has 0 aliphatic carbocycles. The number of nitrogens with zero attached hydrogens (tertiary/aromatic N) is 1. The van der Waals surface area contributed by atoms with Gasteiger partial charge < -0.3 is 10.4 Å². The Labute approximate surface area is 79.9 Å². The smallest absolute Gasteiger partial charge is 0.347 e. The number of hydrogen-bond donors (Lipinski definition) is 2. The quantitative estimate of drug-likeness (QED) is 0.723. The minimum atomic E-state index is -0.929. The van der Waals surface area contributed by atoms with E-state index >= 15 is 0 Å². The number of nitrogens with one attached hydrogen (secondary N) is 1. The highest BCUT2D eigenvalue weighted by molar-refractivity contribution is 7.17. The molecule has 0 unspecified atom stereocenters. The normalized spacial score (nSPS) is 9.62. The van der Waals surface area contributed by atoms with Gasteiger partial charge in [-0.15, -0.1) is 6.58 Å². The molecule has 1 aromatic heterocycles. The van der Waals surface area contributed by atoms with E-state index in [1.54, 1.807) is 13.0 Å². The third-order valence-electron chi connectivity index (χ3n) is 1.39. The molecule has 0 radical (unpaired) electrons. The Bertz CT molecular complexity index is 333. The number of anilines is 1. The van der Waals surface area contributed by atoms with Gasteiger partial charge >= 0.3 is 5.97 Å². The number of aromatic carboxylic acids is 1. The topological polar surface area (TPSA) is 62.2 Å². The van der Waals surface area contributed by atoms with Crippen molar-refractivity contribution in [3.05, 3.63) is 23.2 Å². The molecule has 0 fully saturated rings. The molecule has 0 bridgehead atoms. The summed E-state index contributed by atoms with van der Waals surface area (Å²) in [7, 11) is 0. The third-order valence-corrected chi connectivity index (χ3v) is 2.49.